The first-order valence-corrected chi connectivity index (χ1v) is 3.66. The molecule has 0 unspecified atom stereocenters. The van der Waals surface area contributed by atoms with Gasteiger partial charge in [0.25, 0.3) is 0 Å². The van der Waals surface area contributed by atoms with E-state index in [-0.39, 0.29) is 0 Å². The lowest BCUT2D eigenvalue weighted by atomic mass is 10.1. The van der Waals surface area contributed by atoms with E-state index in [1.54, 1.807) is 6.07 Å². The van der Waals surface area contributed by atoms with Crippen LogP contribution in [0.15, 0.2) is 18.2 Å². The molecule has 1 aromatic carbocycles. The molecule has 0 fully saturated rings. The van der Waals surface area contributed by atoms with Crippen molar-refractivity contribution in [2.45, 2.75) is 12.8 Å². The molecule has 59 valence electrons. The zero-order chi connectivity index (χ0) is 8.27. The van der Waals surface area contributed by atoms with Crippen molar-refractivity contribution in [1.82, 2.24) is 0 Å². The molecule has 2 heteroatoms. The van der Waals surface area contributed by atoms with E-state index in [9.17, 15) is 0 Å². The largest absolute Gasteiger partial charge is 0.399 e. The van der Waals surface area contributed by atoms with E-state index < -0.39 is 0 Å². The second kappa shape index (κ2) is 3.28. The Morgan fingerprint density at radius 1 is 1.09 bits per heavy atom. The van der Waals surface area contributed by atoms with Gasteiger partial charge in [0, 0.05) is 11.4 Å². The van der Waals surface area contributed by atoms with Crippen LogP contribution in [0.2, 0.25) is 0 Å². The Balaban J connectivity index is 2.89. The maximum atomic E-state index is 5.59. The van der Waals surface area contributed by atoms with Crippen LogP contribution in [-0.2, 0) is 6.42 Å². The molecule has 1 aromatic rings. The predicted molar refractivity (Wildman–Crippen MR) is 48.9 cm³/mol. The molecule has 0 bridgehead atoms. The maximum absolute atomic E-state index is 5.59. The number of rotatable bonds is 2. The molecule has 11 heavy (non-hydrogen) atoms. The Kier molecular flexibility index (Phi) is 2.36. The topological polar surface area (TPSA) is 52.0 Å². The standard InChI is InChI=1S/C9H13N2/c1-2-3-7-4-8(10)6-9(11)5-7/h4-6H,1-3,10-11H2. The third-order valence-corrected chi connectivity index (χ3v) is 1.50. The number of aryl methyl sites for hydroxylation is 1. The second-order valence-corrected chi connectivity index (χ2v) is 2.61. The molecule has 0 aliphatic rings. The van der Waals surface area contributed by atoms with Crippen molar-refractivity contribution in [2.75, 3.05) is 11.5 Å². The predicted octanol–water partition coefficient (Wildman–Crippen LogP) is 1.62. The van der Waals surface area contributed by atoms with Crippen molar-refractivity contribution >= 4 is 11.4 Å². The van der Waals surface area contributed by atoms with Crippen LogP contribution in [0.3, 0.4) is 0 Å². The summed E-state index contributed by atoms with van der Waals surface area (Å²) >= 11 is 0. The van der Waals surface area contributed by atoms with E-state index in [1.807, 2.05) is 12.1 Å². The van der Waals surface area contributed by atoms with E-state index in [0.717, 1.165) is 29.8 Å². The molecule has 0 saturated heterocycles. The highest BCUT2D eigenvalue weighted by Gasteiger charge is 1.94. The maximum Gasteiger partial charge on any atom is 0.0337 e. The molecule has 0 spiro atoms. The number of nitrogen functional groups attached to an aromatic ring is 2. The lowest BCUT2D eigenvalue weighted by molar-refractivity contribution is 1.00. The Labute approximate surface area is 67.2 Å². The van der Waals surface area contributed by atoms with Crippen LogP contribution in [0.4, 0.5) is 11.4 Å². The van der Waals surface area contributed by atoms with Gasteiger partial charge in [0.05, 0.1) is 0 Å². The van der Waals surface area contributed by atoms with E-state index in [2.05, 4.69) is 6.92 Å². The van der Waals surface area contributed by atoms with E-state index in [1.165, 1.54) is 0 Å². The summed E-state index contributed by atoms with van der Waals surface area (Å²) in [6, 6.07) is 5.62. The average molecular weight is 149 g/mol. The Morgan fingerprint density at radius 3 is 2.09 bits per heavy atom. The van der Waals surface area contributed by atoms with Crippen molar-refractivity contribution in [3.8, 4) is 0 Å². The van der Waals surface area contributed by atoms with Crippen LogP contribution in [0.5, 0.6) is 0 Å². The number of benzene rings is 1. The summed E-state index contributed by atoms with van der Waals surface area (Å²) in [4.78, 5) is 0. The molecular formula is C9H13N2. The molecule has 4 N–H and O–H groups in total. The summed E-state index contributed by atoms with van der Waals surface area (Å²) in [6.07, 6.45) is 1.82. The average Bonchev–Trinajstić information content (AvgIpc) is 1.85. The molecular weight excluding hydrogens is 136 g/mol. The van der Waals surface area contributed by atoms with Gasteiger partial charge in [-0.25, -0.2) is 0 Å². The monoisotopic (exact) mass is 149 g/mol. The fourth-order valence-corrected chi connectivity index (χ4v) is 1.09. The van der Waals surface area contributed by atoms with E-state index in [0.29, 0.717) is 0 Å². The van der Waals surface area contributed by atoms with Gasteiger partial charge in [-0.1, -0.05) is 6.92 Å². The number of hydrogen-bond acceptors (Lipinski definition) is 2. The summed E-state index contributed by atoms with van der Waals surface area (Å²) in [6.45, 7) is 3.76. The zero-order valence-electron chi connectivity index (χ0n) is 6.51. The van der Waals surface area contributed by atoms with Gasteiger partial charge in [-0.05, 0) is 36.6 Å². The third kappa shape index (κ3) is 2.15. The van der Waals surface area contributed by atoms with Crippen LogP contribution in [-0.4, -0.2) is 0 Å². The van der Waals surface area contributed by atoms with Crippen molar-refractivity contribution < 1.29 is 0 Å². The molecule has 0 amide bonds. The SMILES string of the molecule is [CH2]CCc1cc(N)cc(N)c1. The highest BCUT2D eigenvalue weighted by Crippen LogP contribution is 2.14. The fraction of sp³-hybridized carbons (Fsp3) is 0.222. The molecule has 2 nitrogen and oxygen atoms in total. The number of hydrogen-bond donors (Lipinski definition) is 2. The van der Waals surface area contributed by atoms with Crippen LogP contribution in [0.1, 0.15) is 12.0 Å². The van der Waals surface area contributed by atoms with E-state index >= 15 is 0 Å². The molecule has 0 heterocycles. The minimum absolute atomic E-state index is 0.730. The van der Waals surface area contributed by atoms with Crippen molar-refractivity contribution in [2.24, 2.45) is 0 Å². The number of anilines is 2. The molecule has 0 atom stereocenters. The van der Waals surface area contributed by atoms with Gasteiger partial charge in [0.2, 0.25) is 0 Å². The molecule has 0 aliphatic carbocycles. The van der Waals surface area contributed by atoms with Crippen molar-refractivity contribution in [1.29, 1.82) is 0 Å². The zero-order valence-corrected chi connectivity index (χ0v) is 6.51. The van der Waals surface area contributed by atoms with Gasteiger partial charge in [-0.3, -0.25) is 0 Å². The van der Waals surface area contributed by atoms with Crippen LogP contribution < -0.4 is 11.5 Å². The lowest BCUT2D eigenvalue weighted by Gasteiger charge is -2.01. The Morgan fingerprint density at radius 2 is 1.64 bits per heavy atom. The molecule has 0 aliphatic heterocycles. The fourth-order valence-electron chi connectivity index (χ4n) is 1.09. The van der Waals surface area contributed by atoms with Crippen LogP contribution in [0, 0.1) is 6.92 Å². The normalized spacial score (nSPS) is 9.91. The van der Waals surface area contributed by atoms with Crippen LogP contribution >= 0.6 is 0 Å². The van der Waals surface area contributed by atoms with Crippen LogP contribution in [0.25, 0.3) is 0 Å². The van der Waals surface area contributed by atoms with E-state index in [4.69, 9.17) is 11.5 Å². The summed E-state index contributed by atoms with van der Waals surface area (Å²) in [5, 5.41) is 0. The minimum Gasteiger partial charge on any atom is -0.399 e. The summed E-state index contributed by atoms with van der Waals surface area (Å²) in [5.74, 6) is 0. The van der Waals surface area contributed by atoms with Crippen molar-refractivity contribution in [3.05, 3.63) is 30.7 Å². The Bertz CT molecular complexity index is 223. The number of nitrogens with two attached hydrogens (primary N) is 2. The first-order chi connectivity index (χ1) is 5.22. The van der Waals surface area contributed by atoms with Crippen molar-refractivity contribution in [3.63, 3.8) is 0 Å². The minimum atomic E-state index is 0.730. The van der Waals surface area contributed by atoms with Gasteiger partial charge in [-0.15, -0.1) is 0 Å². The molecule has 1 radical (unpaired) electrons. The third-order valence-electron chi connectivity index (χ3n) is 1.50. The highest BCUT2D eigenvalue weighted by atomic mass is 14.6. The Hall–Kier alpha value is -1.18. The first-order valence-electron chi connectivity index (χ1n) is 3.66. The molecule has 0 saturated carbocycles. The van der Waals surface area contributed by atoms with Gasteiger partial charge >= 0.3 is 0 Å². The smallest absolute Gasteiger partial charge is 0.0337 e. The summed E-state index contributed by atoms with van der Waals surface area (Å²) in [7, 11) is 0. The quantitative estimate of drug-likeness (QED) is 0.628. The van der Waals surface area contributed by atoms with Gasteiger partial charge < -0.3 is 11.5 Å². The molecule has 0 aromatic heterocycles. The lowest BCUT2D eigenvalue weighted by Crippen LogP contribution is -1.93. The molecule has 1 rings (SSSR count). The van der Waals surface area contributed by atoms with Gasteiger partial charge in [0.15, 0.2) is 0 Å². The second-order valence-electron chi connectivity index (χ2n) is 2.61. The summed E-state index contributed by atoms with van der Waals surface area (Å²) < 4.78 is 0. The highest BCUT2D eigenvalue weighted by molar-refractivity contribution is 5.54. The summed E-state index contributed by atoms with van der Waals surface area (Å²) in [5.41, 5.74) is 13.8. The first kappa shape index (κ1) is 7.92. The van der Waals surface area contributed by atoms with Gasteiger partial charge in [0.1, 0.15) is 0 Å². The van der Waals surface area contributed by atoms with Gasteiger partial charge in [-0.2, -0.15) is 0 Å².